The lowest BCUT2D eigenvalue weighted by Crippen LogP contribution is -2.52. The van der Waals surface area contributed by atoms with Crippen LogP contribution < -0.4 is 5.32 Å². The zero-order chi connectivity index (χ0) is 13.0. The summed E-state index contributed by atoms with van der Waals surface area (Å²) in [5, 5.41) is 3.17. The molecule has 0 unspecified atom stereocenters. The number of nitrogens with one attached hydrogen (secondary N) is 1. The highest BCUT2D eigenvalue weighted by atomic mass is 16.1. The molecule has 2 aliphatic rings. The maximum Gasteiger partial charge on any atom is 0.219 e. The summed E-state index contributed by atoms with van der Waals surface area (Å²) >= 11 is 0. The van der Waals surface area contributed by atoms with E-state index in [4.69, 9.17) is 0 Å². The predicted octanol–water partition coefficient (Wildman–Crippen LogP) is 1.07. The molecule has 0 bridgehead atoms. The minimum absolute atomic E-state index is 0.207. The zero-order valence-electron chi connectivity index (χ0n) is 11.8. The molecule has 2 rings (SSSR count). The van der Waals surface area contributed by atoms with Crippen LogP contribution in [0.25, 0.3) is 0 Å². The lowest BCUT2D eigenvalue weighted by molar-refractivity contribution is -0.121. The van der Waals surface area contributed by atoms with E-state index in [0.29, 0.717) is 18.5 Å². The lowest BCUT2D eigenvalue weighted by Gasteiger charge is -2.41. The van der Waals surface area contributed by atoms with Crippen molar-refractivity contribution in [1.29, 1.82) is 0 Å². The average Bonchev–Trinajstić information content (AvgIpc) is 2.40. The van der Waals surface area contributed by atoms with Crippen molar-refractivity contribution in [2.45, 2.75) is 51.1 Å². The van der Waals surface area contributed by atoms with Gasteiger partial charge >= 0.3 is 0 Å². The highest BCUT2D eigenvalue weighted by Crippen LogP contribution is 2.24. The number of piperazine rings is 1. The minimum atomic E-state index is 0.207. The van der Waals surface area contributed by atoms with Crippen molar-refractivity contribution >= 4 is 5.91 Å². The lowest BCUT2D eigenvalue weighted by atomic mass is 9.89. The van der Waals surface area contributed by atoms with Gasteiger partial charge in [0.15, 0.2) is 0 Å². The van der Waals surface area contributed by atoms with Gasteiger partial charge in [0.2, 0.25) is 5.91 Å². The predicted molar refractivity (Wildman–Crippen MR) is 73.5 cm³/mol. The zero-order valence-corrected chi connectivity index (χ0v) is 11.8. The molecule has 2 atom stereocenters. The quantitative estimate of drug-likeness (QED) is 0.817. The van der Waals surface area contributed by atoms with E-state index in [1.807, 2.05) is 6.92 Å². The van der Waals surface area contributed by atoms with Crippen LogP contribution in [0, 0.1) is 0 Å². The summed E-state index contributed by atoms with van der Waals surface area (Å²) in [6.45, 7) is 6.67. The van der Waals surface area contributed by atoms with Gasteiger partial charge in [0, 0.05) is 44.7 Å². The number of hydrogen-bond acceptors (Lipinski definition) is 3. The molecule has 1 amide bonds. The van der Waals surface area contributed by atoms with Crippen LogP contribution in [-0.4, -0.2) is 61.0 Å². The van der Waals surface area contributed by atoms with Gasteiger partial charge in [-0.15, -0.1) is 0 Å². The largest absolute Gasteiger partial charge is 0.353 e. The molecule has 0 aromatic rings. The maximum atomic E-state index is 11.5. The van der Waals surface area contributed by atoms with E-state index in [9.17, 15) is 4.79 Å². The number of carbonyl (C=O) groups is 1. The molecule has 0 radical (unpaired) electrons. The van der Waals surface area contributed by atoms with Gasteiger partial charge in [-0.2, -0.15) is 0 Å². The first-order chi connectivity index (χ1) is 8.69. The van der Waals surface area contributed by atoms with Gasteiger partial charge in [0.1, 0.15) is 0 Å². The Kier molecular flexibility index (Phi) is 5.01. The number of nitrogens with zero attached hydrogens (tertiary/aromatic N) is 2. The summed E-state index contributed by atoms with van der Waals surface area (Å²) in [4.78, 5) is 16.5. The standard InChI is InChI=1S/C14H27N3O/c1-3-14(18)15-12-5-4-6-13(11-12)17-9-7-16(2)8-10-17/h12-13H,3-11H2,1-2H3,(H,15,18)/t12-,13+/m0/s1. The Morgan fingerprint density at radius 3 is 2.61 bits per heavy atom. The van der Waals surface area contributed by atoms with Gasteiger partial charge in [-0.05, 0) is 32.7 Å². The minimum Gasteiger partial charge on any atom is -0.353 e. The number of hydrogen-bond donors (Lipinski definition) is 1. The van der Waals surface area contributed by atoms with Crippen LogP contribution in [0.15, 0.2) is 0 Å². The van der Waals surface area contributed by atoms with Gasteiger partial charge in [-0.25, -0.2) is 0 Å². The molecule has 0 spiro atoms. The van der Waals surface area contributed by atoms with Crippen molar-refractivity contribution < 1.29 is 4.79 Å². The number of rotatable bonds is 3. The summed E-state index contributed by atoms with van der Waals surface area (Å²) in [5.41, 5.74) is 0. The fourth-order valence-corrected chi connectivity index (χ4v) is 3.14. The molecule has 4 heteroatoms. The van der Waals surface area contributed by atoms with E-state index in [1.165, 1.54) is 39.0 Å². The highest BCUT2D eigenvalue weighted by Gasteiger charge is 2.28. The number of carbonyl (C=O) groups excluding carboxylic acids is 1. The second-order valence-electron chi connectivity index (χ2n) is 5.78. The Hall–Kier alpha value is -0.610. The second kappa shape index (κ2) is 6.53. The third-order valence-corrected chi connectivity index (χ3v) is 4.39. The molecule has 1 saturated carbocycles. The Labute approximate surface area is 111 Å². The summed E-state index contributed by atoms with van der Waals surface area (Å²) in [6, 6.07) is 1.10. The number of likely N-dealkylation sites (N-methyl/N-ethyl adjacent to an activating group) is 1. The molecular formula is C14H27N3O. The van der Waals surface area contributed by atoms with Gasteiger partial charge < -0.3 is 10.2 Å². The van der Waals surface area contributed by atoms with Crippen LogP contribution >= 0.6 is 0 Å². The van der Waals surface area contributed by atoms with E-state index < -0.39 is 0 Å². The summed E-state index contributed by atoms with van der Waals surface area (Å²) in [6.07, 6.45) is 5.48. The fraction of sp³-hybridized carbons (Fsp3) is 0.929. The van der Waals surface area contributed by atoms with Crippen molar-refractivity contribution in [3.05, 3.63) is 0 Å². The van der Waals surface area contributed by atoms with Crippen molar-refractivity contribution in [3.63, 3.8) is 0 Å². The first-order valence-electron chi connectivity index (χ1n) is 7.41. The molecule has 104 valence electrons. The Morgan fingerprint density at radius 1 is 1.22 bits per heavy atom. The van der Waals surface area contributed by atoms with Crippen LogP contribution in [0.1, 0.15) is 39.0 Å². The smallest absolute Gasteiger partial charge is 0.219 e. The summed E-state index contributed by atoms with van der Waals surface area (Å²) in [7, 11) is 2.20. The molecule has 1 N–H and O–H groups in total. The third kappa shape index (κ3) is 3.69. The van der Waals surface area contributed by atoms with Gasteiger partial charge in [0.25, 0.3) is 0 Å². The van der Waals surface area contributed by atoms with Gasteiger partial charge in [-0.3, -0.25) is 9.69 Å². The molecule has 1 aliphatic carbocycles. The molecule has 1 heterocycles. The number of amides is 1. The Morgan fingerprint density at radius 2 is 1.94 bits per heavy atom. The molecule has 0 aromatic carbocycles. The third-order valence-electron chi connectivity index (χ3n) is 4.39. The normalized spacial score (nSPS) is 31.2. The van der Waals surface area contributed by atoms with E-state index in [0.717, 1.165) is 12.8 Å². The van der Waals surface area contributed by atoms with Crippen LogP contribution in [-0.2, 0) is 4.79 Å². The van der Waals surface area contributed by atoms with Crippen LogP contribution in [0.4, 0.5) is 0 Å². The van der Waals surface area contributed by atoms with E-state index in [1.54, 1.807) is 0 Å². The molecule has 4 nitrogen and oxygen atoms in total. The molecule has 0 aromatic heterocycles. The van der Waals surface area contributed by atoms with Crippen LogP contribution in [0.5, 0.6) is 0 Å². The second-order valence-corrected chi connectivity index (χ2v) is 5.78. The maximum absolute atomic E-state index is 11.5. The summed E-state index contributed by atoms with van der Waals surface area (Å²) in [5.74, 6) is 0.207. The first kappa shape index (κ1) is 13.8. The molecule has 1 saturated heterocycles. The van der Waals surface area contributed by atoms with Crippen molar-refractivity contribution in [1.82, 2.24) is 15.1 Å². The molecular weight excluding hydrogens is 226 g/mol. The van der Waals surface area contributed by atoms with Gasteiger partial charge in [0.05, 0.1) is 0 Å². The Bertz CT molecular complexity index is 274. The Balaban J connectivity index is 1.81. The van der Waals surface area contributed by atoms with Crippen molar-refractivity contribution in [2.24, 2.45) is 0 Å². The molecule has 2 fully saturated rings. The van der Waals surface area contributed by atoms with E-state index >= 15 is 0 Å². The van der Waals surface area contributed by atoms with Crippen molar-refractivity contribution in [3.8, 4) is 0 Å². The highest BCUT2D eigenvalue weighted by molar-refractivity contribution is 5.75. The van der Waals surface area contributed by atoms with Gasteiger partial charge in [-0.1, -0.05) is 6.92 Å². The monoisotopic (exact) mass is 253 g/mol. The van der Waals surface area contributed by atoms with E-state index in [2.05, 4.69) is 22.2 Å². The topological polar surface area (TPSA) is 35.6 Å². The summed E-state index contributed by atoms with van der Waals surface area (Å²) < 4.78 is 0. The van der Waals surface area contributed by atoms with E-state index in [-0.39, 0.29) is 5.91 Å². The van der Waals surface area contributed by atoms with Crippen LogP contribution in [0.3, 0.4) is 0 Å². The SMILES string of the molecule is CCC(=O)N[C@H]1CCC[C@@H](N2CCN(C)CC2)C1. The molecule has 1 aliphatic heterocycles. The molecule has 18 heavy (non-hydrogen) atoms. The van der Waals surface area contributed by atoms with Crippen LogP contribution in [0.2, 0.25) is 0 Å². The average molecular weight is 253 g/mol. The van der Waals surface area contributed by atoms with Crippen molar-refractivity contribution in [2.75, 3.05) is 33.2 Å². The fourth-order valence-electron chi connectivity index (χ4n) is 3.14. The first-order valence-corrected chi connectivity index (χ1v) is 7.41.